The van der Waals surface area contributed by atoms with E-state index in [2.05, 4.69) is 5.10 Å². The quantitative estimate of drug-likeness (QED) is 0.664. The summed E-state index contributed by atoms with van der Waals surface area (Å²) in [6.07, 6.45) is 1.94. The molecule has 0 atom stereocenters. The Balaban J connectivity index is 2.82. The molecule has 0 saturated heterocycles. The second-order valence-corrected chi connectivity index (χ2v) is 3.15. The van der Waals surface area contributed by atoms with E-state index in [9.17, 15) is 0 Å². The smallest absolute Gasteiger partial charge is 0.147 e. The molecule has 2 heterocycles. The Hall–Kier alpha value is -1.51. The average Bonchev–Trinajstić information content (AvgIpc) is 2.45. The number of aryl methyl sites for hydroxylation is 2. The van der Waals surface area contributed by atoms with Crippen LogP contribution >= 0.6 is 0 Å². The highest BCUT2D eigenvalue weighted by molar-refractivity contribution is 5.63. The lowest BCUT2D eigenvalue weighted by Gasteiger charge is -2.05. The minimum atomic E-state index is 0.906. The standard InChI is InChI=1S/C10H12N2O/c1-7-4-5-12-9(10(7)13-3)6-8(2)11-12/h4-6H,1-3H3. The number of hydrogen-bond acceptors (Lipinski definition) is 2. The van der Waals surface area contributed by atoms with E-state index in [4.69, 9.17) is 4.74 Å². The summed E-state index contributed by atoms with van der Waals surface area (Å²) in [5, 5.41) is 4.30. The zero-order valence-corrected chi connectivity index (χ0v) is 8.03. The van der Waals surface area contributed by atoms with Gasteiger partial charge in [-0.15, -0.1) is 0 Å². The van der Waals surface area contributed by atoms with E-state index < -0.39 is 0 Å². The van der Waals surface area contributed by atoms with Gasteiger partial charge < -0.3 is 4.74 Å². The van der Waals surface area contributed by atoms with E-state index >= 15 is 0 Å². The van der Waals surface area contributed by atoms with Gasteiger partial charge in [-0.05, 0) is 31.5 Å². The highest BCUT2D eigenvalue weighted by Gasteiger charge is 2.06. The lowest BCUT2D eigenvalue weighted by atomic mass is 10.2. The third kappa shape index (κ3) is 1.16. The minimum Gasteiger partial charge on any atom is -0.494 e. The van der Waals surface area contributed by atoms with Crippen molar-refractivity contribution in [2.75, 3.05) is 7.11 Å². The van der Waals surface area contributed by atoms with Crippen molar-refractivity contribution in [3.63, 3.8) is 0 Å². The van der Waals surface area contributed by atoms with Gasteiger partial charge in [0.05, 0.1) is 12.8 Å². The summed E-state index contributed by atoms with van der Waals surface area (Å²) in [6, 6.07) is 4.02. The van der Waals surface area contributed by atoms with Crippen LogP contribution in [0.4, 0.5) is 0 Å². The van der Waals surface area contributed by atoms with Crippen molar-refractivity contribution in [2.45, 2.75) is 13.8 Å². The van der Waals surface area contributed by atoms with E-state index in [1.54, 1.807) is 7.11 Å². The molecular formula is C10H12N2O. The predicted octanol–water partition coefficient (Wildman–Crippen LogP) is 1.96. The van der Waals surface area contributed by atoms with E-state index in [0.29, 0.717) is 0 Å². The number of nitrogens with zero attached hydrogens (tertiary/aromatic N) is 2. The molecule has 3 heteroatoms. The molecule has 0 radical (unpaired) electrons. The fourth-order valence-electron chi connectivity index (χ4n) is 1.53. The molecule has 2 aromatic heterocycles. The Bertz CT molecular complexity index is 445. The van der Waals surface area contributed by atoms with Gasteiger partial charge in [-0.3, -0.25) is 0 Å². The molecule has 0 bridgehead atoms. The number of rotatable bonds is 1. The number of fused-ring (bicyclic) bond motifs is 1. The van der Waals surface area contributed by atoms with Crippen LogP contribution in [-0.2, 0) is 0 Å². The summed E-state index contributed by atoms with van der Waals surface area (Å²) < 4.78 is 7.15. The first-order chi connectivity index (χ1) is 6.22. The molecule has 0 saturated carbocycles. The van der Waals surface area contributed by atoms with Crippen LogP contribution in [-0.4, -0.2) is 16.7 Å². The Morgan fingerprint density at radius 1 is 1.38 bits per heavy atom. The van der Waals surface area contributed by atoms with Crippen LogP contribution in [0.3, 0.4) is 0 Å². The summed E-state index contributed by atoms with van der Waals surface area (Å²) in [5.41, 5.74) is 3.17. The largest absolute Gasteiger partial charge is 0.494 e. The first-order valence-electron chi connectivity index (χ1n) is 4.22. The fourth-order valence-corrected chi connectivity index (χ4v) is 1.53. The van der Waals surface area contributed by atoms with Gasteiger partial charge in [0.1, 0.15) is 11.3 Å². The van der Waals surface area contributed by atoms with Crippen LogP contribution in [0, 0.1) is 13.8 Å². The highest BCUT2D eigenvalue weighted by Crippen LogP contribution is 2.24. The summed E-state index contributed by atoms with van der Waals surface area (Å²) in [6.45, 7) is 4.00. The topological polar surface area (TPSA) is 26.5 Å². The van der Waals surface area contributed by atoms with Gasteiger partial charge in [-0.25, -0.2) is 4.52 Å². The second kappa shape index (κ2) is 2.76. The van der Waals surface area contributed by atoms with Gasteiger partial charge in [0.2, 0.25) is 0 Å². The summed E-state index contributed by atoms with van der Waals surface area (Å²) >= 11 is 0. The van der Waals surface area contributed by atoms with Crippen LogP contribution in [0.15, 0.2) is 18.3 Å². The SMILES string of the molecule is COc1c(C)ccn2nc(C)cc12. The van der Waals surface area contributed by atoms with Crippen LogP contribution in [0.5, 0.6) is 5.75 Å². The number of methoxy groups -OCH3 is 1. The molecule has 0 aliphatic heterocycles. The van der Waals surface area contributed by atoms with Gasteiger partial charge in [-0.1, -0.05) is 0 Å². The highest BCUT2D eigenvalue weighted by atomic mass is 16.5. The number of hydrogen-bond donors (Lipinski definition) is 0. The molecule has 0 amide bonds. The van der Waals surface area contributed by atoms with Crippen LogP contribution in [0.25, 0.3) is 5.52 Å². The Morgan fingerprint density at radius 3 is 2.85 bits per heavy atom. The van der Waals surface area contributed by atoms with Crippen molar-refractivity contribution >= 4 is 5.52 Å². The summed E-state index contributed by atoms with van der Waals surface area (Å²) in [5.74, 6) is 0.906. The molecule has 0 fully saturated rings. The third-order valence-electron chi connectivity index (χ3n) is 2.12. The second-order valence-electron chi connectivity index (χ2n) is 3.15. The Morgan fingerprint density at radius 2 is 2.15 bits per heavy atom. The molecule has 2 aromatic rings. The Labute approximate surface area is 76.9 Å². The number of pyridine rings is 1. The van der Waals surface area contributed by atoms with Crippen molar-refractivity contribution in [2.24, 2.45) is 0 Å². The van der Waals surface area contributed by atoms with Gasteiger partial charge in [0, 0.05) is 6.20 Å². The molecule has 68 valence electrons. The third-order valence-corrected chi connectivity index (χ3v) is 2.12. The maximum atomic E-state index is 5.31. The van der Waals surface area contributed by atoms with Gasteiger partial charge in [-0.2, -0.15) is 5.10 Å². The molecule has 0 aliphatic carbocycles. The van der Waals surface area contributed by atoms with Crippen molar-refractivity contribution in [1.82, 2.24) is 9.61 Å². The molecule has 0 aromatic carbocycles. The van der Waals surface area contributed by atoms with Crippen molar-refractivity contribution in [3.8, 4) is 5.75 Å². The zero-order valence-electron chi connectivity index (χ0n) is 8.03. The average molecular weight is 176 g/mol. The van der Waals surface area contributed by atoms with E-state index in [-0.39, 0.29) is 0 Å². The molecule has 13 heavy (non-hydrogen) atoms. The predicted molar refractivity (Wildman–Crippen MR) is 51.2 cm³/mol. The fraction of sp³-hybridized carbons (Fsp3) is 0.300. The minimum absolute atomic E-state index is 0.906. The molecule has 0 spiro atoms. The van der Waals surface area contributed by atoms with Crippen molar-refractivity contribution in [3.05, 3.63) is 29.6 Å². The molecule has 0 N–H and O–H groups in total. The van der Waals surface area contributed by atoms with Gasteiger partial charge in [0.25, 0.3) is 0 Å². The monoisotopic (exact) mass is 176 g/mol. The maximum absolute atomic E-state index is 5.31. The molecule has 0 aliphatic rings. The first-order valence-corrected chi connectivity index (χ1v) is 4.22. The molecule has 0 unspecified atom stereocenters. The molecule has 3 nitrogen and oxygen atoms in total. The van der Waals surface area contributed by atoms with Crippen LogP contribution in [0.2, 0.25) is 0 Å². The summed E-state index contributed by atoms with van der Waals surface area (Å²) in [4.78, 5) is 0. The van der Waals surface area contributed by atoms with Crippen molar-refractivity contribution < 1.29 is 4.74 Å². The van der Waals surface area contributed by atoms with Gasteiger partial charge in [0.15, 0.2) is 0 Å². The van der Waals surface area contributed by atoms with Gasteiger partial charge >= 0.3 is 0 Å². The van der Waals surface area contributed by atoms with E-state index in [1.807, 2.05) is 36.7 Å². The van der Waals surface area contributed by atoms with E-state index in [1.165, 1.54) is 0 Å². The number of aromatic nitrogens is 2. The number of ether oxygens (including phenoxy) is 1. The first kappa shape index (κ1) is 8.10. The Kier molecular flexibility index (Phi) is 1.72. The maximum Gasteiger partial charge on any atom is 0.147 e. The van der Waals surface area contributed by atoms with E-state index in [0.717, 1.165) is 22.5 Å². The molecule has 2 rings (SSSR count). The lowest BCUT2D eigenvalue weighted by molar-refractivity contribution is 0.414. The van der Waals surface area contributed by atoms with Crippen LogP contribution < -0.4 is 4.74 Å². The zero-order chi connectivity index (χ0) is 9.42. The molecular weight excluding hydrogens is 164 g/mol. The van der Waals surface area contributed by atoms with Crippen LogP contribution in [0.1, 0.15) is 11.3 Å². The summed E-state index contributed by atoms with van der Waals surface area (Å²) in [7, 11) is 1.69. The lowest BCUT2D eigenvalue weighted by Crippen LogP contribution is -1.93. The van der Waals surface area contributed by atoms with Crippen molar-refractivity contribution in [1.29, 1.82) is 0 Å². The normalized spacial score (nSPS) is 10.7.